The van der Waals surface area contributed by atoms with E-state index in [1.165, 1.54) is 11.1 Å². The van der Waals surface area contributed by atoms with E-state index >= 15 is 0 Å². The normalized spacial score (nSPS) is 19.7. The number of likely N-dealkylation sites (N-methyl/N-ethyl adjacent to an activating group) is 1. The number of carbonyl (C=O) groups excluding carboxylic acids is 2. The summed E-state index contributed by atoms with van der Waals surface area (Å²) < 4.78 is 5.25. The van der Waals surface area contributed by atoms with Gasteiger partial charge in [0.1, 0.15) is 6.04 Å². The highest BCUT2D eigenvalue weighted by atomic mass is 16.5. The molecule has 1 saturated heterocycles. The van der Waals surface area contributed by atoms with Crippen LogP contribution in [0.4, 0.5) is 0 Å². The first-order chi connectivity index (χ1) is 8.65. The van der Waals surface area contributed by atoms with E-state index in [1.54, 1.807) is 14.0 Å². The number of carbonyl (C=O) groups is 2. The van der Waals surface area contributed by atoms with Crippen molar-refractivity contribution in [1.82, 2.24) is 20.4 Å². The van der Waals surface area contributed by atoms with E-state index in [1.807, 2.05) is 0 Å². The van der Waals surface area contributed by atoms with Crippen molar-refractivity contribution in [2.45, 2.75) is 13.0 Å². The fourth-order valence-corrected chi connectivity index (χ4v) is 1.95. The molecule has 18 heavy (non-hydrogen) atoms. The molecule has 98 valence electrons. The molecule has 1 aromatic heterocycles. The van der Waals surface area contributed by atoms with Gasteiger partial charge in [0.25, 0.3) is 5.91 Å². The lowest BCUT2D eigenvalue weighted by Crippen LogP contribution is -2.55. The third-order valence-electron chi connectivity index (χ3n) is 3.00. The van der Waals surface area contributed by atoms with Gasteiger partial charge < -0.3 is 15.0 Å². The van der Waals surface area contributed by atoms with Gasteiger partial charge in [0.2, 0.25) is 5.91 Å². The maximum Gasteiger partial charge on any atom is 0.258 e. The maximum atomic E-state index is 12.3. The molecule has 1 atom stereocenters. The van der Waals surface area contributed by atoms with E-state index in [-0.39, 0.29) is 18.4 Å². The van der Waals surface area contributed by atoms with Crippen LogP contribution in [0.1, 0.15) is 16.1 Å². The van der Waals surface area contributed by atoms with Crippen molar-refractivity contribution < 1.29 is 14.3 Å². The van der Waals surface area contributed by atoms with Gasteiger partial charge in [0, 0.05) is 19.3 Å². The first kappa shape index (κ1) is 12.6. The number of hydrogen-bond donors (Lipinski definition) is 2. The lowest BCUT2D eigenvalue weighted by molar-refractivity contribution is -0.130. The molecule has 0 bridgehead atoms. The minimum Gasteiger partial charge on any atom is -0.377 e. The van der Waals surface area contributed by atoms with Crippen molar-refractivity contribution in [2.24, 2.45) is 0 Å². The monoisotopic (exact) mass is 252 g/mol. The van der Waals surface area contributed by atoms with Crippen molar-refractivity contribution in [3.05, 3.63) is 17.5 Å². The number of nitrogens with zero attached hydrogens (tertiary/aromatic N) is 2. The molecule has 0 radical (unpaired) electrons. The Kier molecular flexibility index (Phi) is 3.61. The Labute approximate surface area is 104 Å². The predicted octanol–water partition coefficient (Wildman–Crippen LogP) is -0.695. The molecule has 0 spiro atoms. The molecule has 2 heterocycles. The van der Waals surface area contributed by atoms with Gasteiger partial charge in [0.15, 0.2) is 0 Å². The summed E-state index contributed by atoms with van der Waals surface area (Å²) in [4.78, 5) is 25.6. The number of aryl methyl sites for hydroxylation is 1. The highest BCUT2D eigenvalue weighted by Crippen LogP contribution is 2.14. The highest BCUT2D eigenvalue weighted by Gasteiger charge is 2.33. The third-order valence-corrected chi connectivity index (χ3v) is 3.00. The molecule has 1 fully saturated rings. The molecular formula is C11H16N4O3. The second-order valence-electron chi connectivity index (χ2n) is 4.11. The maximum absolute atomic E-state index is 12.3. The Morgan fingerprint density at radius 1 is 1.61 bits per heavy atom. The molecule has 1 aliphatic rings. The van der Waals surface area contributed by atoms with E-state index in [9.17, 15) is 9.59 Å². The molecule has 1 unspecified atom stereocenters. The standard InChI is InChI=1S/C11H16N4O3/c1-7-8(5-13-14-7)11(17)15-3-4-18-6-9(15)10(16)12-2/h5,9H,3-4,6H2,1-2H3,(H,12,16)(H,13,14). The number of ether oxygens (including phenoxy) is 1. The van der Waals surface area contributed by atoms with Crippen LogP contribution in [0.3, 0.4) is 0 Å². The molecular weight excluding hydrogens is 236 g/mol. The van der Waals surface area contributed by atoms with Crippen molar-refractivity contribution in [2.75, 3.05) is 26.8 Å². The van der Waals surface area contributed by atoms with Gasteiger partial charge in [-0.2, -0.15) is 5.10 Å². The number of aromatic amines is 1. The fourth-order valence-electron chi connectivity index (χ4n) is 1.95. The molecule has 2 amide bonds. The lowest BCUT2D eigenvalue weighted by atomic mass is 10.1. The van der Waals surface area contributed by atoms with Crippen LogP contribution in [0.2, 0.25) is 0 Å². The number of hydrogen-bond acceptors (Lipinski definition) is 4. The zero-order valence-corrected chi connectivity index (χ0v) is 10.4. The molecule has 0 saturated carbocycles. The zero-order valence-electron chi connectivity index (χ0n) is 10.4. The van der Waals surface area contributed by atoms with Crippen LogP contribution < -0.4 is 5.32 Å². The van der Waals surface area contributed by atoms with Crippen LogP contribution in [0, 0.1) is 6.92 Å². The summed E-state index contributed by atoms with van der Waals surface area (Å²) >= 11 is 0. The summed E-state index contributed by atoms with van der Waals surface area (Å²) in [7, 11) is 1.54. The van der Waals surface area contributed by atoms with Crippen molar-refractivity contribution in [1.29, 1.82) is 0 Å². The summed E-state index contributed by atoms with van der Waals surface area (Å²) in [5.74, 6) is -0.414. The molecule has 2 rings (SSSR count). The largest absolute Gasteiger partial charge is 0.377 e. The molecule has 2 N–H and O–H groups in total. The van der Waals surface area contributed by atoms with E-state index < -0.39 is 6.04 Å². The van der Waals surface area contributed by atoms with Gasteiger partial charge >= 0.3 is 0 Å². The Morgan fingerprint density at radius 2 is 2.39 bits per heavy atom. The van der Waals surface area contributed by atoms with Gasteiger partial charge in [-0.3, -0.25) is 14.7 Å². The van der Waals surface area contributed by atoms with Crippen molar-refractivity contribution in [3.63, 3.8) is 0 Å². The summed E-state index contributed by atoms with van der Waals surface area (Å²) in [5.41, 5.74) is 1.19. The molecule has 0 aliphatic carbocycles. The Bertz CT molecular complexity index is 457. The minimum absolute atomic E-state index is 0.196. The molecule has 1 aliphatic heterocycles. The van der Waals surface area contributed by atoms with Crippen molar-refractivity contribution >= 4 is 11.8 Å². The lowest BCUT2D eigenvalue weighted by Gasteiger charge is -2.34. The second-order valence-corrected chi connectivity index (χ2v) is 4.11. The zero-order chi connectivity index (χ0) is 13.1. The quantitative estimate of drug-likeness (QED) is 0.729. The van der Waals surface area contributed by atoms with Gasteiger partial charge in [-0.05, 0) is 6.92 Å². The van der Waals surface area contributed by atoms with Crippen LogP contribution >= 0.6 is 0 Å². The highest BCUT2D eigenvalue weighted by molar-refractivity contribution is 5.98. The second kappa shape index (κ2) is 5.18. The van der Waals surface area contributed by atoms with Gasteiger partial charge in [-0.1, -0.05) is 0 Å². The summed E-state index contributed by atoms with van der Waals surface area (Å²) in [6.45, 7) is 2.84. The SMILES string of the molecule is CNC(=O)C1COCCN1C(=O)c1cn[nH]c1C. The molecule has 1 aromatic rings. The van der Waals surface area contributed by atoms with Gasteiger partial charge in [-0.15, -0.1) is 0 Å². The first-order valence-electron chi connectivity index (χ1n) is 5.75. The number of amides is 2. The summed E-state index contributed by atoms with van der Waals surface area (Å²) in [6.07, 6.45) is 1.48. The van der Waals surface area contributed by atoms with Crippen LogP contribution in [0.25, 0.3) is 0 Å². The first-order valence-corrected chi connectivity index (χ1v) is 5.75. The molecule has 7 nitrogen and oxygen atoms in total. The van der Waals surface area contributed by atoms with Gasteiger partial charge in [-0.25, -0.2) is 0 Å². The number of nitrogens with one attached hydrogen (secondary N) is 2. The van der Waals surface area contributed by atoms with E-state index in [2.05, 4.69) is 15.5 Å². The van der Waals surface area contributed by atoms with E-state index in [4.69, 9.17) is 4.74 Å². The average molecular weight is 252 g/mol. The number of H-pyrrole nitrogens is 1. The van der Waals surface area contributed by atoms with E-state index in [0.717, 1.165) is 0 Å². The topological polar surface area (TPSA) is 87.3 Å². The Balaban J connectivity index is 2.21. The van der Waals surface area contributed by atoms with Crippen molar-refractivity contribution in [3.8, 4) is 0 Å². The number of aromatic nitrogens is 2. The van der Waals surface area contributed by atoms with Crippen LogP contribution in [0.5, 0.6) is 0 Å². The van der Waals surface area contributed by atoms with E-state index in [0.29, 0.717) is 24.4 Å². The number of morpholine rings is 1. The predicted molar refractivity (Wildman–Crippen MR) is 63.0 cm³/mol. The summed E-state index contributed by atoms with van der Waals surface area (Å²) in [6, 6.07) is -0.578. The smallest absolute Gasteiger partial charge is 0.258 e. The number of rotatable bonds is 2. The summed E-state index contributed by atoms with van der Waals surface area (Å²) in [5, 5.41) is 9.08. The Morgan fingerprint density at radius 3 is 3.00 bits per heavy atom. The molecule has 7 heteroatoms. The minimum atomic E-state index is -0.578. The molecule has 0 aromatic carbocycles. The fraction of sp³-hybridized carbons (Fsp3) is 0.545. The van der Waals surface area contributed by atoms with Gasteiger partial charge in [0.05, 0.1) is 25.0 Å². The van der Waals surface area contributed by atoms with Crippen LogP contribution in [-0.2, 0) is 9.53 Å². The van der Waals surface area contributed by atoms with Crippen LogP contribution in [0.15, 0.2) is 6.20 Å². The van der Waals surface area contributed by atoms with Crippen LogP contribution in [-0.4, -0.2) is 59.8 Å². The Hall–Kier alpha value is -1.89. The average Bonchev–Trinajstić information content (AvgIpc) is 2.83. The third kappa shape index (κ3) is 2.21.